The number of fused-ring (bicyclic) bond motifs is 2. The molecule has 1 heterocycles. The SMILES string of the molecule is CN/C1=C(\N)c2ccccc2CN(C(=O)CCCCC(=O)C2CCCC2)c2ccccc21. The second-order valence-corrected chi connectivity index (χ2v) is 8.85. The summed E-state index contributed by atoms with van der Waals surface area (Å²) in [6, 6.07) is 15.9. The Labute approximate surface area is 190 Å². The Hall–Kier alpha value is -3.08. The molecule has 2 aromatic rings. The number of hydrogen-bond donors (Lipinski definition) is 2. The van der Waals surface area contributed by atoms with E-state index < -0.39 is 0 Å². The van der Waals surface area contributed by atoms with Gasteiger partial charge in [-0.2, -0.15) is 0 Å². The van der Waals surface area contributed by atoms with Crippen molar-refractivity contribution in [2.75, 3.05) is 11.9 Å². The molecule has 0 aromatic heterocycles. The minimum Gasteiger partial charge on any atom is -0.397 e. The van der Waals surface area contributed by atoms with Gasteiger partial charge < -0.3 is 16.0 Å². The molecule has 0 atom stereocenters. The highest BCUT2D eigenvalue weighted by Gasteiger charge is 2.26. The van der Waals surface area contributed by atoms with Crippen molar-refractivity contribution < 1.29 is 9.59 Å². The van der Waals surface area contributed by atoms with E-state index in [0.29, 0.717) is 30.9 Å². The summed E-state index contributed by atoms with van der Waals surface area (Å²) in [4.78, 5) is 27.6. The van der Waals surface area contributed by atoms with Gasteiger partial charge in [-0.05, 0) is 37.3 Å². The average Bonchev–Trinajstić information content (AvgIpc) is 3.35. The fraction of sp³-hybridized carbons (Fsp3) is 0.407. The van der Waals surface area contributed by atoms with E-state index in [0.717, 1.165) is 53.8 Å². The van der Waals surface area contributed by atoms with Gasteiger partial charge in [-0.15, -0.1) is 0 Å². The number of nitrogens with two attached hydrogens (primary N) is 1. The van der Waals surface area contributed by atoms with Crippen LogP contribution in [0.2, 0.25) is 0 Å². The second-order valence-electron chi connectivity index (χ2n) is 8.85. The fourth-order valence-corrected chi connectivity index (χ4v) is 5.03. The smallest absolute Gasteiger partial charge is 0.227 e. The Balaban J connectivity index is 1.53. The lowest BCUT2D eigenvalue weighted by atomic mass is 9.95. The van der Waals surface area contributed by atoms with E-state index in [2.05, 4.69) is 5.32 Å². The van der Waals surface area contributed by atoms with E-state index >= 15 is 0 Å². The first-order valence-corrected chi connectivity index (χ1v) is 11.8. The molecule has 5 heteroatoms. The van der Waals surface area contributed by atoms with Crippen LogP contribution in [-0.4, -0.2) is 18.7 Å². The third kappa shape index (κ3) is 4.57. The molecule has 0 saturated heterocycles. The average molecular weight is 432 g/mol. The first-order valence-electron chi connectivity index (χ1n) is 11.8. The summed E-state index contributed by atoms with van der Waals surface area (Å²) in [6.45, 7) is 0.477. The number of nitrogens with zero attached hydrogens (tertiary/aromatic N) is 1. The van der Waals surface area contributed by atoms with Crippen LogP contribution in [0, 0.1) is 5.92 Å². The summed E-state index contributed by atoms with van der Waals surface area (Å²) in [5.41, 5.74) is 11.8. The minimum atomic E-state index is 0.0801. The molecule has 5 nitrogen and oxygen atoms in total. The molecule has 168 valence electrons. The maximum absolute atomic E-state index is 13.4. The number of rotatable bonds is 7. The Morgan fingerprint density at radius 2 is 1.62 bits per heavy atom. The van der Waals surface area contributed by atoms with Gasteiger partial charge in [0.25, 0.3) is 0 Å². The summed E-state index contributed by atoms with van der Waals surface area (Å²) in [6.07, 6.45) is 6.99. The summed E-state index contributed by atoms with van der Waals surface area (Å²) in [5, 5.41) is 3.25. The molecule has 4 rings (SSSR count). The zero-order chi connectivity index (χ0) is 22.5. The normalized spacial score (nSPS) is 18.5. The molecule has 2 aliphatic rings. The van der Waals surface area contributed by atoms with Crippen molar-refractivity contribution in [3.05, 3.63) is 65.2 Å². The lowest BCUT2D eigenvalue weighted by Gasteiger charge is -2.30. The number of benzene rings is 2. The van der Waals surface area contributed by atoms with E-state index in [1.807, 2.05) is 60.5 Å². The van der Waals surface area contributed by atoms with Crippen LogP contribution in [0.1, 0.15) is 68.1 Å². The van der Waals surface area contributed by atoms with Crippen LogP contribution in [-0.2, 0) is 16.1 Å². The van der Waals surface area contributed by atoms with Crippen LogP contribution in [0.25, 0.3) is 11.4 Å². The van der Waals surface area contributed by atoms with E-state index in [1.54, 1.807) is 0 Å². The monoisotopic (exact) mass is 431 g/mol. The third-order valence-electron chi connectivity index (χ3n) is 6.79. The predicted molar refractivity (Wildman–Crippen MR) is 130 cm³/mol. The first kappa shape index (κ1) is 22.1. The van der Waals surface area contributed by atoms with Crippen molar-refractivity contribution in [1.82, 2.24) is 5.32 Å². The van der Waals surface area contributed by atoms with Gasteiger partial charge in [0, 0.05) is 36.9 Å². The van der Waals surface area contributed by atoms with E-state index in [-0.39, 0.29) is 11.8 Å². The highest BCUT2D eigenvalue weighted by molar-refractivity contribution is 6.01. The van der Waals surface area contributed by atoms with Crippen molar-refractivity contribution in [3.63, 3.8) is 0 Å². The van der Waals surface area contributed by atoms with Gasteiger partial charge >= 0.3 is 0 Å². The lowest BCUT2D eigenvalue weighted by Crippen LogP contribution is -2.33. The second kappa shape index (κ2) is 10.0. The fourth-order valence-electron chi connectivity index (χ4n) is 5.03. The van der Waals surface area contributed by atoms with Gasteiger partial charge in [-0.3, -0.25) is 9.59 Å². The Kier molecular flexibility index (Phi) is 6.93. The molecule has 0 bridgehead atoms. The predicted octanol–water partition coefficient (Wildman–Crippen LogP) is 4.86. The molecule has 1 amide bonds. The van der Waals surface area contributed by atoms with Crippen LogP contribution in [0.15, 0.2) is 48.5 Å². The standard InChI is InChI=1S/C27H33N3O2/c1-29-27-22-14-6-7-15-23(22)30(18-20-12-4-5-13-21(20)26(27)28)25(32)17-9-8-16-24(31)19-10-2-3-11-19/h4-7,12-15,19,29H,2-3,8-11,16-18,28H2,1H3/b27-26-. The number of anilines is 1. The number of nitrogens with one attached hydrogen (secondary N) is 1. The quantitative estimate of drug-likeness (QED) is 0.614. The first-order chi connectivity index (χ1) is 15.6. The lowest BCUT2D eigenvalue weighted by molar-refractivity contribution is -0.123. The zero-order valence-corrected chi connectivity index (χ0v) is 18.9. The molecule has 32 heavy (non-hydrogen) atoms. The summed E-state index contributed by atoms with van der Waals surface area (Å²) in [7, 11) is 1.86. The van der Waals surface area contributed by atoms with Crippen LogP contribution >= 0.6 is 0 Å². The van der Waals surface area contributed by atoms with Gasteiger partial charge in [-0.1, -0.05) is 55.3 Å². The largest absolute Gasteiger partial charge is 0.397 e. The molecule has 0 unspecified atom stereocenters. The van der Waals surface area contributed by atoms with Gasteiger partial charge in [-0.25, -0.2) is 0 Å². The molecule has 1 aliphatic heterocycles. The van der Waals surface area contributed by atoms with Gasteiger partial charge in [0.05, 0.1) is 23.6 Å². The van der Waals surface area contributed by atoms with E-state index in [1.165, 1.54) is 12.8 Å². The van der Waals surface area contributed by atoms with Crippen molar-refractivity contribution in [3.8, 4) is 0 Å². The summed E-state index contributed by atoms with van der Waals surface area (Å²) < 4.78 is 0. The Morgan fingerprint density at radius 1 is 0.969 bits per heavy atom. The van der Waals surface area contributed by atoms with Crippen molar-refractivity contribution in [2.45, 2.75) is 57.9 Å². The Bertz CT molecular complexity index is 1020. The number of para-hydroxylation sites is 1. The van der Waals surface area contributed by atoms with Crippen LogP contribution in [0.4, 0.5) is 5.69 Å². The number of ketones is 1. The topological polar surface area (TPSA) is 75.4 Å². The van der Waals surface area contributed by atoms with Gasteiger partial charge in [0.1, 0.15) is 5.78 Å². The molecule has 0 spiro atoms. The molecule has 2 aromatic carbocycles. The molecule has 0 radical (unpaired) electrons. The molecule has 1 aliphatic carbocycles. The number of amides is 1. The number of carbonyl (C=O) groups excluding carboxylic acids is 2. The van der Waals surface area contributed by atoms with Crippen LogP contribution in [0.3, 0.4) is 0 Å². The van der Waals surface area contributed by atoms with E-state index in [9.17, 15) is 9.59 Å². The molecular formula is C27H33N3O2. The van der Waals surface area contributed by atoms with Crippen LogP contribution < -0.4 is 16.0 Å². The summed E-state index contributed by atoms with van der Waals surface area (Å²) in [5.74, 6) is 0.733. The van der Waals surface area contributed by atoms with E-state index in [4.69, 9.17) is 5.73 Å². The summed E-state index contributed by atoms with van der Waals surface area (Å²) >= 11 is 0. The maximum atomic E-state index is 13.4. The highest BCUT2D eigenvalue weighted by Crippen LogP contribution is 2.35. The number of unbranched alkanes of at least 4 members (excludes halogenated alkanes) is 1. The molecule has 3 N–H and O–H groups in total. The molecular weight excluding hydrogens is 398 g/mol. The third-order valence-corrected chi connectivity index (χ3v) is 6.79. The van der Waals surface area contributed by atoms with Crippen molar-refractivity contribution >= 4 is 28.8 Å². The Morgan fingerprint density at radius 3 is 2.38 bits per heavy atom. The highest BCUT2D eigenvalue weighted by atomic mass is 16.2. The van der Waals surface area contributed by atoms with Crippen molar-refractivity contribution in [1.29, 1.82) is 0 Å². The molecule has 1 fully saturated rings. The maximum Gasteiger partial charge on any atom is 0.227 e. The number of carbonyl (C=O) groups is 2. The van der Waals surface area contributed by atoms with Crippen LogP contribution in [0.5, 0.6) is 0 Å². The number of hydrogen-bond acceptors (Lipinski definition) is 4. The zero-order valence-electron chi connectivity index (χ0n) is 18.9. The minimum absolute atomic E-state index is 0.0801. The van der Waals surface area contributed by atoms with Gasteiger partial charge in [0.2, 0.25) is 5.91 Å². The van der Waals surface area contributed by atoms with Crippen molar-refractivity contribution in [2.24, 2.45) is 11.7 Å². The number of Topliss-reactive ketones (excluding diaryl/α,β-unsaturated/α-hetero) is 1. The molecule has 1 saturated carbocycles. The van der Waals surface area contributed by atoms with Gasteiger partial charge in [0.15, 0.2) is 0 Å².